The van der Waals surface area contributed by atoms with Gasteiger partial charge in [-0.1, -0.05) is 0 Å². The van der Waals surface area contributed by atoms with Gasteiger partial charge in [-0.3, -0.25) is 4.79 Å². The molecule has 82 valence electrons. The lowest BCUT2D eigenvalue weighted by Gasteiger charge is -2.38. The van der Waals surface area contributed by atoms with Crippen LogP contribution >= 0.6 is 0 Å². The van der Waals surface area contributed by atoms with Gasteiger partial charge < -0.3 is 10.0 Å². The highest BCUT2D eigenvalue weighted by Crippen LogP contribution is 2.26. The number of nitriles is 1. The Morgan fingerprint density at radius 1 is 1.56 bits per heavy atom. The van der Waals surface area contributed by atoms with Crippen LogP contribution < -0.4 is 4.90 Å². The van der Waals surface area contributed by atoms with Gasteiger partial charge in [-0.15, -0.1) is 0 Å². The molecule has 0 saturated carbocycles. The van der Waals surface area contributed by atoms with E-state index >= 15 is 0 Å². The van der Waals surface area contributed by atoms with E-state index in [1.165, 1.54) is 0 Å². The summed E-state index contributed by atoms with van der Waals surface area (Å²) in [5, 5.41) is 17.6. The van der Waals surface area contributed by atoms with Crippen LogP contribution in [0.5, 0.6) is 0 Å². The van der Waals surface area contributed by atoms with Gasteiger partial charge in [0.25, 0.3) is 0 Å². The molecule has 0 aliphatic carbocycles. The lowest BCUT2D eigenvalue weighted by Crippen LogP contribution is -2.50. The summed E-state index contributed by atoms with van der Waals surface area (Å²) in [5.74, 6) is -0.988. The first kappa shape index (κ1) is 10.5. The highest BCUT2D eigenvalue weighted by molar-refractivity contribution is 5.74. The monoisotopic (exact) mass is 216 g/mol. The molecular formula is C12H12N2O2. The number of hydrogen-bond donors (Lipinski definition) is 1. The maximum absolute atomic E-state index is 10.7. The van der Waals surface area contributed by atoms with E-state index in [2.05, 4.69) is 6.07 Å². The molecule has 1 heterocycles. The first-order chi connectivity index (χ1) is 7.61. The van der Waals surface area contributed by atoms with E-state index < -0.39 is 5.97 Å². The molecule has 1 aromatic carbocycles. The van der Waals surface area contributed by atoms with Crippen LogP contribution in [0.1, 0.15) is 11.1 Å². The average Bonchev–Trinajstić information content (AvgIpc) is 2.15. The largest absolute Gasteiger partial charge is 0.481 e. The summed E-state index contributed by atoms with van der Waals surface area (Å²) in [5.41, 5.74) is 2.59. The Morgan fingerprint density at radius 2 is 2.25 bits per heavy atom. The van der Waals surface area contributed by atoms with Crippen LogP contribution in [0.25, 0.3) is 0 Å². The molecule has 1 N–H and O–H groups in total. The molecule has 0 aromatic heterocycles. The van der Waals surface area contributed by atoms with Crippen LogP contribution in [0.2, 0.25) is 0 Å². The molecule has 1 aliphatic heterocycles. The summed E-state index contributed by atoms with van der Waals surface area (Å²) >= 11 is 0. The van der Waals surface area contributed by atoms with Gasteiger partial charge in [-0.2, -0.15) is 5.26 Å². The Morgan fingerprint density at radius 3 is 2.75 bits per heavy atom. The Bertz CT molecular complexity index is 470. The Hall–Kier alpha value is -2.02. The molecule has 0 radical (unpaired) electrons. The molecule has 0 spiro atoms. The predicted molar refractivity (Wildman–Crippen MR) is 59.2 cm³/mol. The summed E-state index contributed by atoms with van der Waals surface area (Å²) in [7, 11) is 0. The number of nitrogens with zero attached hydrogens (tertiary/aromatic N) is 2. The van der Waals surface area contributed by atoms with Gasteiger partial charge in [0.15, 0.2) is 0 Å². The first-order valence-electron chi connectivity index (χ1n) is 5.10. The summed E-state index contributed by atoms with van der Waals surface area (Å²) in [6, 6.07) is 7.68. The molecule has 2 rings (SSSR count). The van der Waals surface area contributed by atoms with Crippen molar-refractivity contribution in [3.05, 3.63) is 29.3 Å². The summed E-state index contributed by atoms with van der Waals surface area (Å²) in [6.45, 7) is 3.00. The minimum atomic E-state index is -0.735. The van der Waals surface area contributed by atoms with E-state index in [1.54, 1.807) is 6.07 Å². The van der Waals surface area contributed by atoms with Crippen LogP contribution in [0.4, 0.5) is 5.69 Å². The van der Waals surface area contributed by atoms with Crippen molar-refractivity contribution < 1.29 is 9.90 Å². The normalized spacial score (nSPS) is 15.4. The molecular weight excluding hydrogens is 204 g/mol. The van der Waals surface area contributed by atoms with Crippen molar-refractivity contribution >= 4 is 11.7 Å². The Kier molecular flexibility index (Phi) is 2.53. The number of anilines is 1. The number of carbonyl (C=O) groups is 1. The topological polar surface area (TPSA) is 64.3 Å². The van der Waals surface area contributed by atoms with E-state index in [4.69, 9.17) is 10.4 Å². The van der Waals surface area contributed by atoms with Crippen molar-refractivity contribution in [3.8, 4) is 6.07 Å². The van der Waals surface area contributed by atoms with E-state index in [0.717, 1.165) is 11.3 Å². The zero-order valence-corrected chi connectivity index (χ0v) is 8.97. The third kappa shape index (κ3) is 1.72. The van der Waals surface area contributed by atoms with Crippen molar-refractivity contribution in [3.63, 3.8) is 0 Å². The second-order valence-electron chi connectivity index (χ2n) is 4.05. The van der Waals surface area contributed by atoms with Gasteiger partial charge in [0.1, 0.15) is 0 Å². The summed E-state index contributed by atoms with van der Waals surface area (Å²) in [6.07, 6.45) is 0. The van der Waals surface area contributed by atoms with Crippen molar-refractivity contribution in [1.29, 1.82) is 5.26 Å². The molecule has 0 bridgehead atoms. The number of carboxylic acid groups (broad SMARTS) is 1. The fourth-order valence-corrected chi connectivity index (χ4v) is 1.82. The fraction of sp³-hybridized carbons (Fsp3) is 0.333. The molecule has 4 heteroatoms. The van der Waals surface area contributed by atoms with Gasteiger partial charge in [0.05, 0.1) is 17.6 Å². The Balaban J connectivity index is 2.11. The molecule has 0 amide bonds. The molecule has 0 atom stereocenters. The van der Waals surface area contributed by atoms with Crippen LogP contribution in [0.3, 0.4) is 0 Å². The van der Waals surface area contributed by atoms with Crippen LogP contribution in [0, 0.1) is 24.2 Å². The van der Waals surface area contributed by atoms with E-state index in [1.807, 2.05) is 24.0 Å². The van der Waals surface area contributed by atoms with Crippen molar-refractivity contribution in [1.82, 2.24) is 0 Å². The SMILES string of the molecule is Cc1cc(N2CC(C(=O)O)C2)ccc1C#N. The third-order valence-corrected chi connectivity index (χ3v) is 2.93. The van der Waals surface area contributed by atoms with Gasteiger partial charge in [-0.05, 0) is 30.7 Å². The maximum Gasteiger partial charge on any atom is 0.310 e. The second-order valence-corrected chi connectivity index (χ2v) is 4.05. The number of aliphatic carboxylic acids is 1. The van der Waals surface area contributed by atoms with E-state index in [9.17, 15) is 4.79 Å². The maximum atomic E-state index is 10.7. The minimum Gasteiger partial charge on any atom is -0.481 e. The minimum absolute atomic E-state index is 0.254. The van der Waals surface area contributed by atoms with E-state index in [-0.39, 0.29) is 5.92 Å². The van der Waals surface area contributed by atoms with Crippen molar-refractivity contribution in [2.45, 2.75) is 6.92 Å². The summed E-state index contributed by atoms with van der Waals surface area (Å²) < 4.78 is 0. The number of hydrogen-bond acceptors (Lipinski definition) is 3. The van der Waals surface area contributed by atoms with Crippen molar-refractivity contribution in [2.75, 3.05) is 18.0 Å². The lowest BCUT2D eigenvalue weighted by atomic mass is 9.98. The molecule has 1 aromatic rings. The molecule has 4 nitrogen and oxygen atoms in total. The highest BCUT2D eigenvalue weighted by Gasteiger charge is 2.32. The second kappa shape index (κ2) is 3.86. The van der Waals surface area contributed by atoms with E-state index in [0.29, 0.717) is 18.7 Å². The Labute approximate surface area is 93.7 Å². The lowest BCUT2D eigenvalue weighted by molar-refractivity contribution is -0.142. The molecule has 1 fully saturated rings. The first-order valence-corrected chi connectivity index (χ1v) is 5.10. The highest BCUT2D eigenvalue weighted by atomic mass is 16.4. The van der Waals surface area contributed by atoms with Crippen LogP contribution in [-0.2, 0) is 4.79 Å². The predicted octanol–water partition coefficient (Wildman–Crippen LogP) is 1.39. The summed E-state index contributed by atoms with van der Waals surface area (Å²) in [4.78, 5) is 12.7. The number of benzene rings is 1. The smallest absolute Gasteiger partial charge is 0.310 e. The molecule has 16 heavy (non-hydrogen) atoms. The average molecular weight is 216 g/mol. The molecule has 1 saturated heterocycles. The fourth-order valence-electron chi connectivity index (χ4n) is 1.82. The molecule has 1 aliphatic rings. The standard InChI is InChI=1S/C12H12N2O2/c1-8-4-11(3-2-9(8)5-13)14-6-10(7-14)12(15)16/h2-4,10H,6-7H2,1H3,(H,15,16). The zero-order chi connectivity index (χ0) is 11.7. The van der Waals surface area contributed by atoms with Gasteiger partial charge >= 0.3 is 5.97 Å². The number of carboxylic acids is 1. The number of aryl methyl sites for hydroxylation is 1. The zero-order valence-electron chi connectivity index (χ0n) is 8.97. The number of rotatable bonds is 2. The van der Waals surface area contributed by atoms with Crippen LogP contribution in [-0.4, -0.2) is 24.2 Å². The quantitative estimate of drug-likeness (QED) is 0.811. The van der Waals surface area contributed by atoms with Gasteiger partial charge in [-0.25, -0.2) is 0 Å². The third-order valence-electron chi connectivity index (χ3n) is 2.93. The van der Waals surface area contributed by atoms with Gasteiger partial charge in [0, 0.05) is 18.8 Å². The van der Waals surface area contributed by atoms with Crippen LogP contribution in [0.15, 0.2) is 18.2 Å². The van der Waals surface area contributed by atoms with Crippen molar-refractivity contribution in [2.24, 2.45) is 5.92 Å². The molecule has 0 unspecified atom stereocenters. The van der Waals surface area contributed by atoms with Gasteiger partial charge in [0.2, 0.25) is 0 Å².